The van der Waals surface area contributed by atoms with Crippen LogP contribution in [-0.2, 0) is 19.0 Å². The molecule has 18 heavy (non-hydrogen) atoms. The smallest absolute Gasteiger partial charge is 0.322 e. The van der Waals surface area contributed by atoms with Crippen LogP contribution in [0.1, 0.15) is 18.8 Å². The van der Waals surface area contributed by atoms with Crippen LogP contribution in [0.5, 0.6) is 0 Å². The quantitative estimate of drug-likeness (QED) is 0.808. The first-order valence-electron chi connectivity index (χ1n) is 5.91. The van der Waals surface area contributed by atoms with Crippen molar-refractivity contribution in [2.24, 2.45) is 5.73 Å². The highest BCUT2D eigenvalue weighted by atomic mass is 16.7. The molecule has 1 aromatic carbocycles. The SMILES string of the molecule is C[C@H](N)C(=O)OC[C@@H]1CO[C@H](c2ccccc2)O1. The Morgan fingerprint density at radius 1 is 1.50 bits per heavy atom. The number of ether oxygens (including phenoxy) is 3. The fraction of sp³-hybridized carbons (Fsp3) is 0.462. The molecule has 0 unspecified atom stereocenters. The number of carbonyl (C=O) groups is 1. The van der Waals surface area contributed by atoms with E-state index >= 15 is 0 Å². The van der Waals surface area contributed by atoms with Crippen LogP contribution in [0, 0.1) is 0 Å². The molecular weight excluding hydrogens is 234 g/mol. The van der Waals surface area contributed by atoms with Gasteiger partial charge in [-0.25, -0.2) is 0 Å². The first kappa shape index (κ1) is 13.0. The average Bonchev–Trinajstić information content (AvgIpc) is 2.85. The number of nitrogens with two attached hydrogens (primary N) is 1. The average molecular weight is 251 g/mol. The second-order valence-corrected chi connectivity index (χ2v) is 4.25. The van der Waals surface area contributed by atoms with Crippen molar-refractivity contribution in [3.63, 3.8) is 0 Å². The van der Waals surface area contributed by atoms with Gasteiger partial charge in [-0.1, -0.05) is 30.3 Å². The van der Waals surface area contributed by atoms with E-state index in [2.05, 4.69) is 0 Å². The summed E-state index contributed by atoms with van der Waals surface area (Å²) in [5, 5.41) is 0. The molecule has 0 aliphatic carbocycles. The molecule has 98 valence electrons. The lowest BCUT2D eigenvalue weighted by atomic mass is 10.2. The molecule has 2 rings (SSSR count). The number of rotatable bonds is 4. The third-order valence-corrected chi connectivity index (χ3v) is 2.60. The van der Waals surface area contributed by atoms with Gasteiger partial charge < -0.3 is 19.9 Å². The summed E-state index contributed by atoms with van der Waals surface area (Å²) in [7, 11) is 0. The van der Waals surface area contributed by atoms with E-state index < -0.39 is 12.0 Å². The van der Waals surface area contributed by atoms with E-state index in [4.69, 9.17) is 19.9 Å². The molecule has 0 spiro atoms. The topological polar surface area (TPSA) is 70.8 Å². The predicted molar refractivity (Wildman–Crippen MR) is 64.6 cm³/mol. The molecule has 2 N–H and O–H groups in total. The summed E-state index contributed by atoms with van der Waals surface area (Å²) in [5.74, 6) is -0.429. The lowest BCUT2D eigenvalue weighted by molar-refractivity contribution is -0.149. The Labute approximate surface area is 106 Å². The summed E-state index contributed by atoms with van der Waals surface area (Å²) < 4.78 is 16.1. The maximum Gasteiger partial charge on any atom is 0.322 e. The van der Waals surface area contributed by atoms with Gasteiger partial charge in [0, 0.05) is 5.56 Å². The zero-order valence-electron chi connectivity index (χ0n) is 10.2. The summed E-state index contributed by atoms with van der Waals surface area (Å²) in [4.78, 5) is 11.2. The highest BCUT2D eigenvalue weighted by Crippen LogP contribution is 2.26. The Hall–Kier alpha value is -1.43. The number of benzene rings is 1. The maximum atomic E-state index is 11.2. The summed E-state index contributed by atoms with van der Waals surface area (Å²) in [6, 6.07) is 9.02. The van der Waals surface area contributed by atoms with Gasteiger partial charge in [0.25, 0.3) is 0 Å². The van der Waals surface area contributed by atoms with Crippen molar-refractivity contribution in [3.8, 4) is 0 Å². The Morgan fingerprint density at radius 2 is 2.22 bits per heavy atom. The molecule has 1 aliphatic heterocycles. The van der Waals surface area contributed by atoms with Crippen LogP contribution in [-0.4, -0.2) is 31.3 Å². The summed E-state index contributed by atoms with van der Waals surface area (Å²) in [6.45, 7) is 2.16. The largest absolute Gasteiger partial charge is 0.462 e. The van der Waals surface area contributed by atoms with Gasteiger partial charge in [0.1, 0.15) is 18.8 Å². The molecule has 0 aromatic heterocycles. The molecule has 0 saturated carbocycles. The first-order chi connectivity index (χ1) is 8.66. The van der Waals surface area contributed by atoms with E-state index in [0.717, 1.165) is 5.56 Å². The minimum atomic E-state index is -0.614. The van der Waals surface area contributed by atoms with E-state index in [1.54, 1.807) is 6.92 Å². The minimum absolute atomic E-state index is 0.170. The van der Waals surface area contributed by atoms with Crippen LogP contribution in [0.25, 0.3) is 0 Å². The minimum Gasteiger partial charge on any atom is -0.462 e. The number of hydrogen-bond acceptors (Lipinski definition) is 5. The van der Waals surface area contributed by atoms with Crippen LogP contribution >= 0.6 is 0 Å². The van der Waals surface area contributed by atoms with E-state index in [1.165, 1.54) is 0 Å². The second kappa shape index (κ2) is 5.95. The van der Waals surface area contributed by atoms with Gasteiger partial charge in [0.2, 0.25) is 0 Å². The Morgan fingerprint density at radius 3 is 2.89 bits per heavy atom. The van der Waals surface area contributed by atoms with Crippen molar-refractivity contribution in [1.82, 2.24) is 0 Å². The van der Waals surface area contributed by atoms with Crippen LogP contribution < -0.4 is 5.73 Å². The molecule has 1 heterocycles. The Balaban J connectivity index is 1.80. The zero-order chi connectivity index (χ0) is 13.0. The van der Waals surface area contributed by atoms with E-state index in [9.17, 15) is 4.79 Å². The molecule has 1 aliphatic rings. The van der Waals surface area contributed by atoms with Crippen LogP contribution in [0.3, 0.4) is 0 Å². The van der Waals surface area contributed by atoms with E-state index in [1.807, 2.05) is 30.3 Å². The van der Waals surface area contributed by atoms with Crippen LogP contribution in [0.4, 0.5) is 0 Å². The zero-order valence-corrected chi connectivity index (χ0v) is 10.2. The third kappa shape index (κ3) is 3.29. The van der Waals surface area contributed by atoms with E-state index in [0.29, 0.717) is 6.61 Å². The van der Waals surface area contributed by atoms with Crippen molar-refractivity contribution in [2.75, 3.05) is 13.2 Å². The van der Waals surface area contributed by atoms with Gasteiger partial charge in [0.05, 0.1) is 6.61 Å². The maximum absolute atomic E-state index is 11.2. The van der Waals surface area contributed by atoms with Crippen molar-refractivity contribution < 1.29 is 19.0 Å². The highest BCUT2D eigenvalue weighted by molar-refractivity contribution is 5.74. The third-order valence-electron chi connectivity index (χ3n) is 2.60. The predicted octanol–water partition coefficient (Wildman–Crippen LogP) is 0.991. The first-order valence-corrected chi connectivity index (χ1v) is 5.91. The normalized spacial score (nSPS) is 24.8. The van der Waals surface area contributed by atoms with Crippen LogP contribution in [0.15, 0.2) is 30.3 Å². The molecule has 1 fully saturated rings. The fourth-order valence-electron chi connectivity index (χ4n) is 1.63. The molecule has 0 amide bonds. The lowest BCUT2D eigenvalue weighted by Gasteiger charge is -2.12. The molecule has 1 aromatic rings. The molecule has 5 heteroatoms. The molecule has 3 atom stereocenters. The van der Waals surface area contributed by atoms with Crippen molar-refractivity contribution in [3.05, 3.63) is 35.9 Å². The number of carbonyl (C=O) groups excluding carboxylic acids is 1. The van der Waals surface area contributed by atoms with E-state index in [-0.39, 0.29) is 19.0 Å². The van der Waals surface area contributed by atoms with Crippen molar-refractivity contribution >= 4 is 5.97 Å². The van der Waals surface area contributed by atoms with Crippen molar-refractivity contribution in [1.29, 1.82) is 0 Å². The molecular formula is C13H17NO4. The van der Waals surface area contributed by atoms with Gasteiger partial charge in [-0.15, -0.1) is 0 Å². The van der Waals surface area contributed by atoms with Gasteiger partial charge in [0.15, 0.2) is 6.29 Å². The number of esters is 1. The molecule has 1 saturated heterocycles. The van der Waals surface area contributed by atoms with Gasteiger partial charge in [-0.05, 0) is 6.92 Å². The highest BCUT2D eigenvalue weighted by Gasteiger charge is 2.28. The Bertz CT molecular complexity index is 393. The lowest BCUT2D eigenvalue weighted by Crippen LogP contribution is -2.31. The van der Waals surface area contributed by atoms with Gasteiger partial charge in [-0.2, -0.15) is 0 Å². The molecule has 0 radical (unpaired) electrons. The molecule has 0 bridgehead atoms. The second-order valence-electron chi connectivity index (χ2n) is 4.25. The summed E-state index contributed by atoms with van der Waals surface area (Å²) in [6.07, 6.45) is -0.622. The number of hydrogen-bond donors (Lipinski definition) is 1. The standard InChI is InChI=1S/C13H17NO4/c1-9(14)12(15)16-7-11-8-17-13(18-11)10-5-3-2-4-6-10/h2-6,9,11,13H,7-8,14H2,1H3/t9-,11+,13-/m0/s1. The Kier molecular flexibility index (Phi) is 4.30. The van der Waals surface area contributed by atoms with Gasteiger partial charge >= 0.3 is 5.97 Å². The summed E-state index contributed by atoms with van der Waals surface area (Å²) >= 11 is 0. The molecule has 5 nitrogen and oxygen atoms in total. The van der Waals surface area contributed by atoms with Crippen molar-refractivity contribution in [2.45, 2.75) is 25.4 Å². The summed E-state index contributed by atoms with van der Waals surface area (Å²) in [5.41, 5.74) is 6.35. The van der Waals surface area contributed by atoms with Crippen LogP contribution in [0.2, 0.25) is 0 Å². The monoisotopic (exact) mass is 251 g/mol. The van der Waals surface area contributed by atoms with Gasteiger partial charge in [-0.3, -0.25) is 4.79 Å². The fourth-order valence-corrected chi connectivity index (χ4v) is 1.63.